The van der Waals surface area contributed by atoms with Crippen molar-refractivity contribution in [3.8, 4) is 22.5 Å². The summed E-state index contributed by atoms with van der Waals surface area (Å²) in [5.74, 6) is 1.95. The first kappa shape index (κ1) is 20.6. The van der Waals surface area contributed by atoms with Gasteiger partial charge in [-0.05, 0) is 24.1 Å². The highest BCUT2D eigenvalue weighted by molar-refractivity contribution is 7.99. The maximum absolute atomic E-state index is 13.1. The summed E-state index contributed by atoms with van der Waals surface area (Å²) in [6.07, 6.45) is 4.90. The highest BCUT2D eigenvalue weighted by Crippen LogP contribution is 2.32. The standard InChI is InChI=1S/C23H19N5O2S2/c1-28-22(29)19-17(15-6-3-2-4-7-15)14-32-21(19)26-23(28)31-13-5-8-18-25-20(27-30-18)16-9-11-24-12-10-16/h2-4,6-7,9-12,14H,5,8,13H2,1H3. The molecule has 1 aromatic carbocycles. The molecule has 0 amide bonds. The number of nitrogens with zero attached hydrogens (tertiary/aromatic N) is 5. The highest BCUT2D eigenvalue weighted by atomic mass is 32.2. The van der Waals surface area contributed by atoms with Gasteiger partial charge in [0.1, 0.15) is 4.83 Å². The van der Waals surface area contributed by atoms with Crippen LogP contribution in [0.2, 0.25) is 0 Å². The second-order valence-corrected chi connectivity index (χ2v) is 9.07. The lowest BCUT2D eigenvalue weighted by Gasteiger charge is -2.07. The van der Waals surface area contributed by atoms with Crippen molar-refractivity contribution in [1.82, 2.24) is 24.7 Å². The topological polar surface area (TPSA) is 86.7 Å². The number of hydrogen-bond donors (Lipinski definition) is 0. The van der Waals surface area contributed by atoms with E-state index in [2.05, 4.69) is 15.1 Å². The summed E-state index contributed by atoms with van der Waals surface area (Å²) in [5, 5.41) is 7.44. The Kier molecular flexibility index (Phi) is 5.83. The smallest absolute Gasteiger partial charge is 0.263 e. The van der Waals surface area contributed by atoms with Crippen molar-refractivity contribution >= 4 is 33.3 Å². The van der Waals surface area contributed by atoms with Crippen molar-refractivity contribution in [2.24, 2.45) is 7.05 Å². The zero-order chi connectivity index (χ0) is 21.9. The SMILES string of the molecule is Cn1c(SCCCc2nc(-c3ccncc3)no2)nc2scc(-c3ccccc3)c2c1=O. The number of benzene rings is 1. The fourth-order valence-electron chi connectivity index (χ4n) is 3.37. The van der Waals surface area contributed by atoms with Crippen molar-refractivity contribution in [2.75, 3.05) is 5.75 Å². The zero-order valence-electron chi connectivity index (χ0n) is 17.3. The molecule has 0 atom stereocenters. The molecule has 0 saturated heterocycles. The first-order valence-electron chi connectivity index (χ1n) is 10.1. The largest absolute Gasteiger partial charge is 0.339 e. The number of rotatable bonds is 7. The van der Waals surface area contributed by atoms with Gasteiger partial charge >= 0.3 is 0 Å². The summed E-state index contributed by atoms with van der Waals surface area (Å²) in [6.45, 7) is 0. The van der Waals surface area contributed by atoms with Gasteiger partial charge in [0, 0.05) is 48.1 Å². The van der Waals surface area contributed by atoms with Crippen LogP contribution >= 0.6 is 23.1 Å². The molecule has 0 unspecified atom stereocenters. The van der Waals surface area contributed by atoms with E-state index in [-0.39, 0.29) is 5.56 Å². The minimum Gasteiger partial charge on any atom is -0.339 e. The summed E-state index contributed by atoms with van der Waals surface area (Å²) >= 11 is 3.07. The molecule has 0 N–H and O–H groups in total. The molecule has 4 aromatic heterocycles. The lowest BCUT2D eigenvalue weighted by molar-refractivity contribution is 0.378. The van der Waals surface area contributed by atoms with Crippen LogP contribution in [0.5, 0.6) is 0 Å². The van der Waals surface area contributed by atoms with Crippen LogP contribution in [0.4, 0.5) is 0 Å². The van der Waals surface area contributed by atoms with E-state index in [0.717, 1.165) is 33.7 Å². The summed E-state index contributed by atoms with van der Waals surface area (Å²) in [7, 11) is 1.78. The second-order valence-electron chi connectivity index (χ2n) is 7.15. The fraction of sp³-hybridized carbons (Fsp3) is 0.174. The molecule has 0 spiro atoms. The molecular formula is C23H19N5O2S2. The Bertz CT molecular complexity index is 1410. The Morgan fingerprint density at radius 2 is 1.88 bits per heavy atom. The lowest BCUT2D eigenvalue weighted by atomic mass is 10.1. The Hall–Kier alpha value is -3.30. The predicted octanol–water partition coefficient (Wildman–Crippen LogP) is 4.83. The molecule has 0 aliphatic rings. The van der Waals surface area contributed by atoms with E-state index in [4.69, 9.17) is 9.51 Å². The van der Waals surface area contributed by atoms with Crippen LogP contribution in [-0.2, 0) is 13.5 Å². The van der Waals surface area contributed by atoms with E-state index in [9.17, 15) is 4.79 Å². The maximum atomic E-state index is 13.1. The highest BCUT2D eigenvalue weighted by Gasteiger charge is 2.16. The first-order valence-corrected chi connectivity index (χ1v) is 12.0. The number of hydrogen-bond acceptors (Lipinski definition) is 8. The van der Waals surface area contributed by atoms with Gasteiger partial charge in [-0.2, -0.15) is 4.98 Å². The Balaban J connectivity index is 1.27. The average Bonchev–Trinajstić information content (AvgIpc) is 3.48. The van der Waals surface area contributed by atoms with Gasteiger partial charge in [0.15, 0.2) is 5.16 Å². The first-order chi connectivity index (χ1) is 15.7. The lowest BCUT2D eigenvalue weighted by Crippen LogP contribution is -2.19. The monoisotopic (exact) mass is 461 g/mol. The molecule has 0 bridgehead atoms. The van der Waals surface area contributed by atoms with Gasteiger partial charge in [0.05, 0.1) is 5.39 Å². The molecule has 5 aromatic rings. The van der Waals surface area contributed by atoms with Crippen LogP contribution in [0.1, 0.15) is 12.3 Å². The van der Waals surface area contributed by atoms with Crippen molar-refractivity contribution in [2.45, 2.75) is 18.0 Å². The number of aryl methyl sites for hydroxylation is 1. The molecule has 7 nitrogen and oxygen atoms in total. The van der Waals surface area contributed by atoms with Gasteiger partial charge in [0.2, 0.25) is 11.7 Å². The van der Waals surface area contributed by atoms with Crippen LogP contribution in [0.3, 0.4) is 0 Å². The summed E-state index contributed by atoms with van der Waals surface area (Å²) < 4.78 is 7.00. The average molecular weight is 462 g/mol. The zero-order valence-corrected chi connectivity index (χ0v) is 18.9. The van der Waals surface area contributed by atoms with Gasteiger partial charge < -0.3 is 4.52 Å². The third-order valence-electron chi connectivity index (χ3n) is 5.03. The van der Waals surface area contributed by atoms with E-state index < -0.39 is 0 Å². The van der Waals surface area contributed by atoms with E-state index in [1.807, 2.05) is 47.8 Å². The molecule has 9 heteroatoms. The summed E-state index contributed by atoms with van der Waals surface area (Å²) in [5.41, 5.74) is 2.83. The van der Waals surface area contributed by atoms with E-state index >= 15 is 0 Å². The van der Waals surface area contributed by atoms with E-state index in [0.29, 0.717) is 28.7 Å². The number of fused-ring (bicyclic) bond motifs is 1. The van der Waals surface area contributed by atoms with E-state index in [1.54, 1.807) is 35.8 Å². The van der Waals surface area contributed by atoms with Crippen LogP contribution < -0.4 is 5.56 Å². The van der Waals surface area contributed by atoms with Crippen molar-refractivity contribution in [3.05, 3.63) is 76.5 Å². The Morgan fingerprint density at radius 3 is 2.69 bits per heavy atom. The maximum Gasteiger partial charge on any atom is 0.263 e. The second kappa shape index (κ2) is 9.05. The quantitative estimate of drug-likeness (QED) is 0.195. The third-order valence-corrected chi connectivity index (χ3v) is 7.02. The molecule has 0 saturated carbocycles. The summed E-state index contributed by atoms with van der Waals surface area (Å²) in [4.78, 5) is 27.0. The normalized spacial score (nSPS) is 11.3. The molecule has 0 aliphatic heterocycles. The van der Waals surface area contributed by atoms with Gasteiger partial charge in [0.25, 0.3) is 5.56 Å². The van der Waals surface area contributed by atoms with Gasteiger partial charge in [-0.1, -0.05) is 47.3 Å². The number of pyridine rings is 1. The van der Waals surface area contributed by atoms with Crippen molar-refractivity contribution in [1.29, 1.82) is 0 Å². The molecule has 5 rings (SSSR count). The minimum absolute atomic E-state index is 0.0171. The van der Waals surface area contributed by atoms with Crippen LogP contribution in [0, 0.1) is 0 Å². The molecule has 32 heavy (non-hydrogen) atoms. The van der Waals surface area contributed by atoms with Gasteiger partial charge in [-0.15, -0.1) is 11.3 Å². The Labute approximate surface area is 192 Å². The van der Waals surface area contributed by atoms with Crippen LogP contribution in [-0.4, -0.2) is 30.4 Å². The molecule has 0 radical (unpaired) electrons. The van der Waals surface area contributed by atoms with Crippen molar-refractivity contribution in [3.63, 3.8) is 0 Å². The Morgan fingerprint density at radius 1 is 1.06 bits per heavy atom. The van der Waals surface area contributed by atoms with Crippen LogP contribution in [0.25, 0.3) is 32.7 Å². The number of aromatic nitrogens is 5. The van der Waals surface area contributed by atoms with Crippen LogP contribution in [0.15, 0.2) is 74.7 Å². The number of thioether (sulfide) groups is 1. The van der Waals surface area contributed by atoms with Gasteiger partial charge in [-0.3, -0.25) is 14.3 Å². The van der Waals surface area contributed by atoms with Crippen molar-refractivity contribution < 1.29 is 4.52 Å². The molecule has 0 aliphatic carbocycles. The van der Waals surface area contributed by atoms with E-state index in [1.165, 1.54) is 11.3 Å². The minimum atomic E-state index is -0.0171. The molecular weight excluding hydrogens is 442 g/mol. The third kappa shape index (κ3) is 4.09. The summed E-state index contributed by atoms with van der Waals surface area (Å²) in [6, 6.07) is 13.6. The van der Waals surface area contributed by atoms with Gasteiger partial charge in [-0.25, -0.2) is 4.98 Å². The molecule has 160 valence electrons. The molecule has 0 fully saturated rings. The number of thiophene rings is 1. The fourth-order valence-corrected chi connectivity index (χ4v) is 5.27. The predicted molar refractivity (Wildman–Crippen MR) is 127 cm³/mol. The molecule has 4 heterocycles.